The number of halogens is 1. The third kappa shape index (κ3) is 4.25. The summed E-state index contributed by atoms with van der Waals surface area (Å²) in [5.74, 6) is 0.375. The predicted molar refractivity (Wildman–Crippen MR) is 128 cm³/mol. The van der Waals surface area contributed by atoms with Gasteiger partial charge in [0.25, 0.3) is 0 Å². The van der Waals surface area contributed by atoms with Gasteiger partial charge in [-0.05, 0) is 35.7 Å². The van der Waals surface area contributed by atoms with Crippen molar-refractivity contribution in [3.8, 4) is 5.75 Å². The van der Waals surface area contributed by atoms with Gasteiger partial charge in [0, 0.05) is 37.9 Å². The fraction of sp³-hybridized carbons (Fsp3) is 0.296. The van der Waals surface area contributed by atoms with E-state index in [4.69, 9.17) is 4.74 Å². The Morgan fingerprint density at radius 3 is 2.61 bits per heavy atom. The summed E-state index contributed by atoms with van der Waals surface area (Å²) in [5.41, 5.74) is 3.92. The first-order valence-corrected chi connectivity index (χ1v) is 11.4. The number of carbonyl (C=O) groups excluding carboxylic acids is 1. The molecule has 0 bridgehead atoms. The Balaban J connectivity index is 1.43. The molecule has 5 rings (SSSR count). The van der Waals surface area contributed by atoms with Crippen LogP contribution in [0.3, 0.4) is 0 Å². The van der Waals surface area contributed by atoms with Gasteiger partial charge in [-0.3, -0.25) is 4.79 Å². The molecule has 1 N–H and O–H groups in total. The second-order valence-corrected chi connectivity index (χ2v) is 8.67. The molecule has 0 aliphatic carbocycles. The van der Waals surface area contributed by atoms with Crippen molar-refractivity contribution < 1.29 is 13.9 Å². The highest BCUT2D eigenvalue weighted by Crippen LogP contribution is 2.39. The van der Waals surface area contributed by atoms with Crippen molar-refractivity contribution in [3.63, 3.8) is 0 Å². The second-order valence-electron chi connectivity index (χ2n) is 8.67. The number of piperazine rings is 1. The number of hydrogen-bond acceptors (Lipinski definition) is 4. The summed E-state index contributed by atoms with van der Waals surface area (Å²) in [6.07, 6.45) is 0.645. The van der Waals surface area contributed by atoms with Crippen LogP contribution in [0.4, 0.5) is 15.8 Å². The number of fused-ring (bicyclic) bond motifs is 3. The molecule has 0 aromatic heterocycles. The molecule has 33 heavy (non-hydrogen) atoms. The summed E-state index contributed by atoms with van der Waals surface area (Å²) in [5, 5.41) is 3.14. The Bertz CT molecular complexity index is 1140. The van der Waals surface area contributed by atoms with E-state index in [0.717, 1.165) is 22.6 Å². The van der Waals surface area contributed by atoms with Crippen molar-refractivity contribution in [1.82, 2.24) is 5.32 Å². The highest BCUT2D eigenvalue weighted by molar-refractivity contribution is 5.82. The molecule has 1 saturated heterocycles. The molecule has 0 spiro atoms. The zero-order valence-corrected chi connectivity index (χ0v) is 18.7. The number of methoxy groups -OCH3 is 1. The van der Waals surface area contributed by atoms with E-state index in [0.29, 0.717) is 38.3 Å². The van der Waals surface area contributed by atoms with Crippen LogP contribution in [-0.4, -0.2) is 38.7 Å². The van der Waals surface area contributed by atoms with E-state index in [1.54, 1.807) is 13.2 Å². The highest BCUT2D eigenvalue weighted by Gasteiger charge is 2.42. The molecule has 3 aromatic rings. The quantitative estimate of drug-likeness (QED) is 0.645. The summed E-state index contributed by atoms with van der Waals surface area (Å²) in [6, 6.07) is 22.8. The van der Waals surface area contributed by atoms with Gasteiger partial charge < -0.3 is 19.9 Å². The molecule has 6 heteroatoms. The Morgan fingerprint density at radius 1 is 1.03 bits per heavy atom. The summed E-state index contributed by atoms with van der Waals surface area (Å²) in [6.45, 7) is 2.48. The van der Waals surface area contributed by atoms with E-state index in [1.165, 1.54) is 6.07 Å². The van der Waals surface area contributed by atoms with Crippen LogP contribution in [0.5, 0.6) is 5.75 Å². The average Bonchev–Trinajstić information content (AvgIpc) is 2.87. The lowest BCUT2D eigenvalue weighted by molar-refractivity contribution is -0.126. The van der Waals surface area contributed by atoms with Crippen LogP contribution in [-0.2, 0) is 17.8 Å². The van der Waals surface area contributed by atoms with Gasteiger partial charge in [0.2, 0.25) is 5.91 Å². The Kier molecular flexibility index (Phi) is 5.90. The van der Waals surface area contributed by atoms with Gasteiger partial charge in [0.15, 0.2) is 0 Å². The molecule has 1 amide bonds. The van der Waals surface area contributed by atoms with Crippen molar-refractivity contribution in [2.75, 3.05) is 36.5 Å². The molecule has 2 aliphatic heterocycles. The lowest BCUT2D eigenvalue weighted by Crippen LogP contribution is -2.61. The van der Waals surface area contributed by atoms with Gasteiger partial charge in [0.05, 0.1) is 24.8 Å². The third-order valence-electron chi connectivity index (χ3n) is 6.76. The van der Waals surface area contributed by atoms with E-state index in [-0.39, 0.29) is 23.7 Å². The first-order valence-electron chi connectivity index (χ1n) is 11.4. The van der Waals surface area contributed by atoms with Crippen LogP contribution in [0, 0.1) is 11.7 Å². The summed E-state index contributed by atoms with van der Waals surface area (Å²) in [7, 11) is 1.66. The van der Waals surface area contributed by atoms with Crippen LogP contribution in [0.25, 0.3) is 0 Å². The molecule has 170 valence electrons. The molecule has 0 radical (unpaired) electrons. The Labute approximate surface area is 193 Å². The molecule has 3 aromatic carbocycles. The lowest BCUT2D eigenvalue weighted by Gasteiger charge is -2.49. The van der Waals surface area contributed by atoms with Crippen LogP contribution < -0.4 is 19.9 Å². The molecule has 2 unspecified atom stereocenters. The van der Waals surface area contributed by atoms with E-state index in [9.17, 15) is 9.18 Å². The average molecular weight is 446 g/mol. The molecule has 1 fully saturated rings. The number of anilines is 2. The van der Waals surface area contributed by atoms with Crippen LogP contribution in [0.15, 0.2) is 72.8 Å². The number of amides is 1. The number of nitrogens with zero attached hydrogens (tertiary/aromatic N) is 2. The van der Waals surface area contributed by atoms with Gasteiger partial charge in [-0.25, -0.2) is 4.39 Å². The van der Waals surface area contributed by atoms with Gasteiger partial charge in [-0.1, -0.05) is 48.5 Å². The fourth-order valence-corrected chi connectivity index (χ4v) is 5.05. The monoisotopic (exact) mass is 445 g/mol. The van der Waals surface area contributed by atoms with Crippen LogP contribution in [0.1, 0.15) is 11.1 Å². The first kappa shape index (κ1) is 21.3. The maximum atomic E-state index is 14.5. The van der Waals surface area contributed by atoms with Crippen molar-refractivity contribution in [3.05, 3.63) is 89.7 Å². The zero-order chi connectivity index (χ0) is 22.8. The minimum absolute atomic E-state index is 0.0331. The lowest BCUT2D eigenvalue weighted by atomic mass is 9.83. The number of ether oxygens (including phenoxy) is 1. The van der Waals surface area contributed by atoms with Crippen molar-refractivity contribution >= 4 is 17.3 Å². The van der Waals surface area contributed by atoms with Crippen molar-refractivity contribution in [2.45, 2.75) is 19.0 Å². The molecular weight excluding hydrogens is 417 g/mol. The van der Waals surface area contributed by atoms with E-state index < -0.39 is 0 Å². The molecule has 2 atom stereocenters. The second kappa shape index (κ2) is 9.14. The number of rotatable bonds is 5. The van der Waals surface area contributed by atoms with Crippen molar-refractivity contribution in [1.29, 1.82) is 0 Å². The van der Waals surface area contributed by atoms with Crippen LogP contribution >= 0.6 is 0 Å². The number of benzene rings is 3. The molecular formula is C27H28FN3O2. The standard InChI is InChI=1S/C27H28FN3O2/c1-33-21-12-11-20-15-22(27(32)29-17-19-7-3-2-4-8-19)26-18-30(13-14-31(26)25(20)16-21)24-10-6-5-9-23(24)28/h2-12,16,22,26H,13-15,17-18H2,1H3,(H,29,32). The van der Waals surface area contributed by atoms with Gasteiger partial charge in [0.1, 0.15) is 11.6 Å². The summed E-state index contributed by atoms with van der Waals surface area (Å²) < 4.78 is 20.0. The number of carbonyl (C=O) groups is 1. The van der Waals surface area contributed by atoms with Crippen LogP contribution in [0.2, 0.25) is 0 Å². The van der Waals surface area contributed by atoms with E-state index in [1.807, 2.05) is 48.5 Å². The molecule has 2 heterocycles. The highest BCUT2D eigenvalue weighted by atomic mass is 19.1. The molecule has 5 nitrogen and oxygen atoms in total. The topological polar surface area (TPSA) is 44.8 Å². The van der Waals surface area contributed by atoms with Gasteiger partial charge in [-0.15, -0.1) is 0 Å². The normalized spacial score (nSPS) is 19.5. The summed E-state index contributed by atoms with van der Waals surface area (Å²) in [4.78, 5) is 17.8. The van der Waals surface area contributed by atoms with E-state index in [2.05, 4.69) is 27.2 Å². The molecule has 2 aliphatic rings. The number of para-hydroxylation sites is 1. The third-order valence-corrected chi connectivity index (χ3v) is 6.76. The van der Waals surface area contributed by atoms with E-state index >= 15 is 0 Å². The molecule has 0 saturated carbocycles. The maximum Gasteiger partial charge on any atom is 0.225 e. The van der Waals surface area contributed by atoms with Gasteiger partial charge >= 0.3 is 0 Å². The Hall–Kier alpha value is -3.54. The smallest absolute Gasteiger partial charge is 0.225 e. The summed E-state index contributed by atoms with van der Waals surface area (Å²) >= 11 is 0. The maximum absolute atomic E-state index is 14.5. The fourth-order valence-electron chi connectivity index (χ4n) is 5.05. The van der Waals surface area contributed by atoms with Crippen molar-refractivity contribution in [2.24, 2.45) is 5.92 Å². The number of nitrogens with one attached hydrogen (secondary N) is 1. The minimum Gasteiger partial charge on any atom is -0.497 e. The largest absolute Gasteiger partial charge is 0.497 e. The SMILES string of the molecule is COc1ccc2c(c1)N1CCN(c3ccccc3F)CC1C(C(=O)NCc1ccccc1)C2. The van der Waals surface area contributed by atoms with Gasteiger partial charge in [-0.2, -0.15) is 0 Å². The zero-order valence-electron chi connectivity index (χ0n) is 18.7. The minimum atomic E-state index is -0.232. The number of hydrogen-bond donors (Lipinski definition) is 1. The first-order chi connectivity index (χ1) is 16.1. The Morgan fingerprint density at radius 2 is 1.82 bits per heavy atom. The predicted octanol–water partition coefficient (Wildman–Crippen LogP) is 4.02.